The highest BCUT2D eigenvalue weighted by Gasteiger charge is 2.10. The zero-order valence-corrected chi connectivity index (χ0v) is 13.0. The Kier molecular flexibility index (Phi) is 4.71. The minimum atomic E-state index is -0.343. The summed E-state index contributed by atoms with van der Waals surface area (Å²) in [5, 5.41) is 0. The van der Waals surface area contributed by atoms with Gasteiger partial charge >= 0.3 is 0 Å². The minimum Gasteiger partial charge on any atom is -0.324 e. The molecule has 100 valence electrons. The summed E-state index contributed by atoms with van der Waals surface area (Å²) in [6.07, 6.45) is 0.509. The van der Waals surface area contributed by atoms with E-state index in [0.717, 1.165) is 5.56 Å². The average molecular weight is 391 g/mol. The molecule has 5 heteroatoms. The summed E-state index contributed by atoms with van der Waals surface area (Å²) in [7, 11) is 0. The van der Waals surface area contributed by atoms with E-state index >= 15 is 0 Å². The van der Waals surface area contributed by atoms with Crippen molar-refractivity contribution in [1.29, 1.82) is 0 Å². The Hall–Kier alpha value is -0.780. The Balaban J connectivity index is 2.20. The van der Waals surface area contributed by atoms with Gasteiger partial charge in [0.25, 0.3) is 0 Å². The van der Waals surface area contributed by atoms with Gasteiger partial charge in [0.05, 0.1) is 4.47 Å². The van der Waals surface area contributed by atoms with Crippen molar-refractivity contribution in [2.75, 3.05) is 0 Å². The fourth-order valence-electron chi connectivity index (χ4n) is 1.83. The average Bonchev–Trinajstić information content (AvgIpc) is 2.32. The quantitative estimate of drug-likeness (QED) is 0.805. The number of halogens is 4. The van der Waals surface area contributed by atoms with E-state index in [2.05, 4.69) is 31.9 Å². The third-order valence-corrected chi connectivity index (χ3v) is 3.82. The molecular formula is C14H11Br2F2N. The van der Waals surface area contributed by atoms with Gasteiger partial charge in [-0.05, 0) is 63.8 Å². The van der Waals surface area contributed by atoms with E-state index in [4.69, 9.17) is 5.73 Å². The van der Waals surface area contributed by atoms with Crippen LogP contribution in [0.2, 0.25) is 0 Å². The molecule has 0 heterocycles. The molecule has 2 rings (SSSR count). The highest BCUT2D eigenvalue weighted by Crippen LogP contribution is 2.24. The largest absolute Gasteiger partial charge is 0.324 e. The molecule has 0 aliphatic rings. The standard InChI is InChI=1S/C14H11Br2F2N/c15-10-5-9(6-11(17)7-10)14(19)4-8-1-2-13(18)12(16)3-8/h1-3,5-7,14H,4,19H2. The van der Waals surface area contributed by atoms with Crippen molar-refractivity contribution >= 4 is 31.9 Å². The Morgan fingerprint density at radius 1 is 1.05 bits per heavy atom. The molecule has 19 heavy (non-hydrogen) atoms. The van der Waals surface area contributed by atoms with Crippen LogP contribution in [0.15, 0.2) is 45.3 Å². The van der Waals surface area contributed by atoms with E-state index in [1.165, 1.54) is 18.2 Å². The molecule has 0 spiro atoms. The van der Waals surface area contributed by atoms with Gasteiger partial charge in [0, 0.05) is 10.5 Å². The van der Waals surface area contributed by atoms with Gasteiger partial charge in [0.15, 0.2) is 0 Å². The summed E-state index contributed by atoms with van der Waals surface area (Å²) >= 11 is 6.37. The molecule has 2 aromatic carbocycles. The normalized spacial score (nSPS) is 12.5. The number of hydrogen-bond acceptors (Lipinski definition) is 1. The number of hydrogen-bond donors (Lipinski definition) is 1. The predicted molar refractivity (Wildman–Crippen MR) is 78.8 cm³/mol. The van der Waals surface area contributed by atoms with Crippen molar-refractivity contribution in [1.82, 2.24) is 0 Å². The molecule has 0 saturated heterocycles. The number of rotatable bonds is 3. The van der Waals surface area contributed by atoms with Gasteiger partial charge in [-0.25, -0.2) is 8.78 Å². The monoisotopic (exact) mass is 389 g/mol. The molecule has 2 aromatic rings. The van der Waals surface area contributed by atoms with E-state index in [-0.39, 0.29) is 17.7 Å². The van der Waals surface area contributed by atoms with Gasteiger partial charge in [-0.1, -0.05) is 22.0 Å². The lowest BCUT2D eigenvalue weighted by Crippen LogP contribution is -2.13. The fraction of sp³-hybridized carbons (Fsp3) is 0.143. The third-order valence-electron chi connectivity index (χ3n) is 2.75. The van der Waals surface area contributed by atoms with Gasteiger partial charge < -0.3 is 5.73 Å². The van der Waals surface area contributed by atoms with Crippen LogP contribution in [0.4, 0.5) is 8.78 Å². The molecule has 0 aliphatic carbocycles. The first-order chi connectivity index (χ1) is 8.95. The van der Waals surface area contributed by atoms with Gasteiger partial charge in [-0.3, -0.25) is 0 Å². The van der Waals surface area contributed by atoms with Gasteiger partial charge in [0.1, 0.15) is 11.6 Å². The second-order valence-corrected chi connectivity index (χ2v) is 6.03. The molecule has 1 nitrogen and oxygen atoms in total. The molecule has 2 N–H and O–H groups in total. The second-order valence-electron chi connectivity index (χ2n) is 4.26. The van der Waals surface area contributed by atoms with Crippen LogP contribution in [0.1, 0.15) is 17.2 Å². The van der Waals surface area contributed by atoms with E-state index in [0.29, 0.717) is 20.9 Å². The molecular weight excluding hydrogens is 380 g/mol. The summed E-state index contributed by atoms with van der Waals surface area (Å²) in [6.45, 7) is 0. The summed E-state index contributed by atoms with van der Waals surface area (Å²) < 4.78 is 27.5. The second kappa shape index (κ2) is 6.11. The summed E-state index contributed by atoms with van der Waals surface area (Å²) in [6, 6.07) is 8.97. The van der Waals surface area contributed by atoms with Crippen molar-refractivity contribution in [3.8, 4) is 0 Å². The Morgan fingerprint density at radius 2 is 1.79 bits per heavy atom. The predicted octanol–water partition coefficient (Wildman–Crippen LogP) is 4.73. The first kappa shape index (κ1) is 14.6. The minimum absolute atomic E-state index is 0.314. The number of nitrogens with two attached hydrogens (primary N) is 1. The van der Waals surface area contributed by atoms with Crippen molar-refractivity contribution in [2.24, 2.45) is 5.73 Å². The molecule has 0 aromatic heterocycles. The SMILES string of the molecule is NC(Cc1ccc(F)c(Br)c1)c1cc(F)cc(Br)c1. The Morgan fingerprint density at radius 3 is 2.42 bits per heavy atom. The van der Waals surface area contributed by atoms with Crippen LogP contribution in [-0.4, -0.2) is 0 Å². The maximum atomic E-state index is 13.3. The van der Waals surface area contributed by atoms with Crippen molar-refractivity contribution in [2.45, 2.75) is 12.5 Å². The van der Waals surface area contributed by atoms with E-state index in [1.54, 1.807) is 18.2 Å². The van der Waals surface area contributed by atoms with Gasteiger partial charge in [0.2, 0.25) is 0 Å². The smallest absolute Gasteiger partial charge is 0.137 e. The van der Waals surface area contributed by atoms with E-state index in [9.17, 15) is 8.78 Å². The molecule has 0 saturated carbocycles. The van der Waals surface area contributed by atoms with Crippen LogP contribution in [0.5, 0.6) is 0 Å². The molecule has 0 amide bonds. The molecule has 0 bridgehead atoms. The first-order valence-electron chi connectivity index (χ1n) is 5.61. The highest BCUT2D eigenvalue weighted by molar-refractivity contribution is 9.10. The zero-order chi connectivity index (χ0) is 14.0. The molecule has 1 unspecified atom stereocenters. The summed E-state index contributed by atoms with van der Waals surface area (Å²) in [5.41, 5.74) is 7.65. The van der Waals surface area contributed by atoms with Crippen LogP contribution in [0, 0.1) is 11.6 Å². The van der Waals surface area contributed by atoms with Crippen LogP contribution in [0.25, 0.3) is 0 Å². The van der Waals surface area contributed by atoms with Gasteiger partial charge in [-0.15, -0.1) is 0 Å². The highest BCUT2D eigenvalue weighted by atomic mass is 79.9. The van der Waals surface area contributed by atoms with Crippen LogP contribution >= 0.6 is 31.9 Å². The maximum absolute atomic E-state index is 13.3. The topological polar surface area (TPSA) is 26.0 Å². The first-order valence-corrected chi connectivity index (χ1v) is 7.20. The zero-order valence-electron chi connectivity index (χ0n) is 9.84. The van der Waals surface area contributed by atoms with Crippen LogP contribution < -0.4 is 5.73 Å². The molecule has 0 fully saturated rings. The lowest BCUT2D eigenvalue weighted by molar-refractivity contribution is 0.614. The Bertz CT molecular complexity index is 582. The van der Waals surface area contributed by atoms with E-state index < -0.39 is 0 Å². The summed E-state index contributed by atoms with van der Waals surface area (Å²) in [5.74, 6) is -0.647. The number of benzene rings is 2. The Labute approximate surface area is 127 Å². The maximum Gasteiger partial charge on any atom is 0.137 e. The van der Waals surface area contributed by atoms with Crippen molar-refractivity contribution < 1.29 is 8.78 Å². The molecule has 1 atom stereocenters. The summed E-state index contributed by atoms with van der Waals surface area (Å²) in [4.78, 5) is 0. The third kappa shape index (κ3) is 3.84. The van der Waals surface area contributed by atoms with Crippen LogP contribution in [-0.2, 0) is 6.42 Å². The van der Waals surface area contributed by atoms with E-state index in [1.807, 2.05) is 0 Å². The van der Waals surface area contributed by atoms with Gasteiger partial charge in [-0.2, -0.15) is 0 Å². The lowest BCUT2D eigenvalue weighted by Gasteiger charge is -2.13. The van der Waals surface area contributed by atoms with Crippen LogP contribution in [0.3, 0.4) is 0 Å². The molecule has 0 aliphatic heterocycles. The fourth-order valence-corrected chi connectivity index (χ4v) is 2.74. The lowest BCUT2D eigenvalue weighted by atomic mass is 10.00. The van der Waals surface area contributed by atoms with Crippen molar-refractivity contribution in [3.63, 3.8) is 0 Å². The molecule has 0 radical (unpaired) electrons. The van der Waals surface area contributed by atoms with Crippen molar-refractivity contribution in [3.05, 3.63) is 68.1 Å².